The molecule has 0 aliphatic carbocycles. The van der Waals surface area contributed by atoms with E-state index in [1.807, 2.05) is 18.2 Å². The van der Waals surface area contributed by atoms with Crippen molar-refractivity contribution in [1.29, 1.82) is 0 Å². The number of methoxy groups -OCH3 is 1. The van der Waals surface area contributed by atoms with Gasteiger partial charge in [-0.25, -0.2) is 4.39 Å². The van der Waals surface area contributed by atoms with Crippen molar-refractivity contribution in [2.45, 2.75) is 19.4 Å². The van der Waals surface area contributed by atoms with E-state index in [-0.39, 0.29) is 12.2 Å². The molecule has 1 N–H and O–H groups in total. The third-order valence-electron chi connectivity index (χ3n) is 4.26. The number of carbonyl (C=O) groups excluding carboxylic acids is 2. The summed E-state index contributed by atoms with van der Waals surface area (Å²) < 4.78 is 24.6. The highest BCUT2D eigenvalue weighted by Crippen LogP contribution is 2.27. The highest BCUT2D eigenvalue weighted by Gasteiger charge is 2.24. The Hall–Kier alpha value is -2.67. The normalized spacial score (nSPS) is 12.0. The predicted octanol–water partition coefficient (Wildman–Crippen LogP) is 4.68. The molecule has 0 spiro atoms. The molecule has 3 rings (SSSR count). The van der Waals surface area contributed by atoms with E-state index in [4.69, 9.17) is 9.15 Å². The van der Waals surface area contributed by atoms with E-state index >= 15 is 0 Å². The fourth-order valence-electron chi connectivity index (χ4n) is 2.86. The minimum Gasteiger partial charge on any atom is -0.469 e. The minimum atomic E-state index is -0.605. The molecule has 1 unspecified atom stereocenters. The zero-order valence-corrected chi connectivity index (χ0v) is 16.3. The van der Waals surface area contributed by atoms with Gasteiger partial charge in [0.1, 0.15) is 11.4 Å². The second kappa shape index (κ2) is 7.92. The molecule has 0 radical (unpaired) electrons. The number of ether oxygens (including phenoxy) is 1. The Morgan fingerprint density at radius 1 is 1.26 bits per heavy atom. The fraction of sp³-hybridized carbons (Fsp3) is 0.200. The van der Waals surface area contributed by atoms with Crippen molar-refractivity contribution in [1.82, 2.24) is 5.32 Å². The monoisotopic (exact) mass is 433 g/mol. The Kier molecular flexibility index (Phi) is 5.60. The summed E-state index contributed by atoms with van der Waals surface area (Å²) in [4.78, 5) is 24.6. The number of benzene rings is 2. The number of fused-ring (bicyclic) bond motifs is 1. The molecule has 0 saturated heterocycles. The molecule has 1 heterocycles. The molecule has 1 atom stereocenters. The van der Waals surface area contributed by atoms with Crippen LogP contribution >= 0.6 is 15.9 Å². The van der Waals surface area contributed by atoms with Gasteiger partial charge in [0.2, 0.25) is 0 Å². The number of halogens is 2. The number of hydrogen-bond acceptors (Lipinski definition) is 4. The predicted molar refractivity (Wildman–Crippen MR) is 102 cm³/mol. The van der Waals surface area contributed by atoms with Crippen LogP contribution in [0, 0.1) is 12.7 Å². The van der Waals surface area contributed by atoms with Crippen molar-refractivity contribution in [2.75, 3.05) is 7.11 Å². The number of amides is 1. The van der Waals surface area contributed by atoms with Crippen molar-refractivity contribution in [3.8, 4) is 0 Å². The number of carbonyl (C=O) groups is 2. The smallest absolute Gasteiger partial charge is 0.307 e. The first-order chi connectivity index (χ1) is 12.9. The SMILES string of the molecule is COC(=O)CC(NC(=O)c1oc2ccc(F)cc2c1C)c1cccc(Br)c1. The van der Waals surface area contributed by atoms with Crippen LogP contribution in [0.4, 0.5) is 4.39 Å². The third-order valence-corrected chi connectivity index (χ3v) is 4.75. The average molecular weight is 434 g/mol. The molecule has 2 aromatic carbocycles. The van der Waals surface area contributed by atoms with E-state index in [9.17, 15) is 14.0 Å². The van der Waals surface area contributed by atoms with Crippen LogP contribution in [0.2, 0.25) is 0 Å². The van der Waals surface area contributed by atoms with Gasteiger partial charge in [0.25, 0.3) is 5.91 Å². The first-order valence-corrected chi connectivity index (χ1v) is 9.00. The molecule has 0 aliphatic heterocycles. The largest absolute Gasteiger partial charge is 0.469 e. The number of hydrogen-bond donors (Lipinski definition) is 1. The van der Waals surface area contributed by atoms with E-state index in [1.165, 1.54) is 25.3 Å². The molecule has 0 saturated carbocycles. The van der Waals surface area contributed by atoms with E-state index in [0.29, 0.717) is 16.5 Å². The average Bonchev–Trinajstić information content (AvgIpc) is 2.97. The van der Waals surface area contributed by atoms with Crippen LogP contribution in [0.5, 0.6) is 0 Å². The summed E-state index contributed by atoms with van der Waals surface area (Å²) in [6.07, 6.45) is -0.0351. The maximum absolute atomic E-state index is 13.5. The number of aryl methyl sites for hydroxylation is 1. The van der Waals surface area contributed by atoms with Crippen molar-refractivity contribution in [3.63, 3.8) is 0 Å². The highest BCUT2D eigenvalue weighted by molar-refractivity contribution is 9.10. The molecule has 27 heavy (non-hydrogen) atoms. The highest BCUT2D eigenvalue weighted by atomic mass is 79.9. The van der Waals surface area contributed by atoms with Crippen molar-refractivity contribution in [3.05, 3.63) is 69.6 Å². The lowest BCUT2D eigenvalue weighted by Gasteiger charge is -2.18. The van der Waals surface area contributed by atoms with Gasteiger partial charge in [0, 0.05) is 15.4 Å². The van der Waals surface area contributed by atoms with Gasteiger partial charge in [0.05, 0.1) is 19.6 Å². The molecule has 5 nitrogen and oxygen atoms in total. The van der Waals surface area contributed by atoms with Gasteiger partial charge in [-0.3, -0.25) is 9.59 Å². The van der Waals surface area contributed by atoms with Crippen LogP contribution in [0.15, 0.2) is 51.4 Å². The van der Waals surface area contributed by atoms with Crippen molar-refractivity contribution in [2.24, 2.45) is 0 Å². The first-order valence-electron chi connectivity index (χ1n) is 8.21. The standard InChI is InChI=1S/C20H17BrFNO4/c1-11-15-9-14(22)6-7-17(15)27-19(11)20(25)23-16(10-18(24)26-2)12-4-3-5-13(21)8-12/h3-9,16H,10H2,1-2H3,(H,23,25). The minimum absolute atomic E-state index is 0.0351. The van der Waals surface area contributed by atoms with Gasteiger partial charge in [-0.2, -0.15) is 0 Å². The van der Waals surface area contributed by atoms with Crippen LogP contribution in [0.25, 0.3) is 11.0 Å². The van der Waals surface area contributed by atoms with E-state index in [0.717, 1.165) is 10.0 Å². The summed E-state index contributed by atoms with van der Waals surface area (Å²) in [7, 11) is 1.29. The van der Waals surface area contributed by atoms with Crippen LogP contribution in [-0.2, 0) is 9.53 Å². The van der Waals surface area contributed by atoms with Gasteiger partial charge in [0.15, 0.2) is 5.76 Å². The Balaban J connectivity index is 1.92. The molecule has 0 fully saturated rings. The second-order valence-electron chi connectivity index (χ2n) is 6.06. The zero-order valence-electron chi connectivity index (χ0n) is 14.7. The Morgan fingerprint density at radius 2 is 2.04 bits per heavy atom. The second-order valence-corrected chi connectivity index (χ2v) is 6.97. The molecule has 0 aliphatic rings. The fourth-order valence-corrected chi connectivity index (χ4v) is 3.28. The van der Waals surface area contributed by atoms with Crippen LogP contribution < -0.4 is 5.32 Å². The molecule has 1 amide bonds. The summed E-state index contributed by atoms with van der Waals surface area (Å²) >= 11 is 3.38. The van der Waals surface area contributed by atoms with Gasteiger partial charge >= 0.3 is 5.97 Å². The van der Waals surface area contributed by atoms with Crippen molar-refractivity contribution < 1.29 is 23.1 Å². The molecular weight excluding hydrogens is 417 g/mol. The van der Waals surface area contributed by atoms with Crippen molar-refractivity contribution >= 4 is 38.8 Å². The number of furan rings is 1. The Morgan fingerprint density at radius 3 is 2.74 bits per heavy atom. The molecule has 0 bridgehead atoms. The van der Waals surface area contributed by atoms with Gasteiger partial charge < -0.3 is 14.5 Å². The topological polar surface area (TPSA) is 68.5 Å². The first kappa shape index (κ1) is 19.1. The van der Waals surface area contributed by atoms with Crippen LogP contribution in [0.3, 0.4) is 0 Å². The maximum atomic E-state index is 13.5. The Bertz CT molecular complexity index is 1010. The van der Waals surface area contributed by atoms with E-state index in [1.54, 1.807) is 13.0 Å². The summed E-state index contributed by atoms with van der Waals surface area (Å²) in [5, 5.41) is 3.34. The van der Waals surface area contributed by atoms with Crippen LogP contribution in [-0.4, -0.2) is 19.0 Å². The summed E-state index contributed by atoms with van der Waals surface area (Å²) in [6.45, 7) is 1.69. The van der Waals surface area contributed by atoms with E-state index < -0.39 is 23.7 Å². The van der Waals surface area contributed by atoms with Gasteiger partial charge in [-0.15, -0.1) is 0 Å². The molecule has 1 aromatic heterocycles. The Labute approximate surface area is 163 Å². The zero-order chi connectivity index (χ0) is 19.6. The lowest BCUT2D eigenvalue weighted by molar-refractivity contribution is -0.141. The summed E-state index contributed by atoms with van der Waals surface area (Å²) in [6, 6.07) is 10.7. The third kappa shape index (κ3) is 4.19. The molecular formula is C20H17BrFNO4. The lowest BCUT2D eigenvalue weighted by Crippen LogP contribution is -2.30. The number of rotatable bonds is 5. The maximum Gasteiger partial charge on any atom is 0.307 e. The lowest BCUT2D eigenvalue weighted by atomic mass is 10.0. The summed E-state index contributed by atoms with van der Waals surface area (Å²) in [5.41, 5.74) is 1.70. The van der Waals surface area contributed by atoms with Gasteiger partial charge in [-0.05, 0) is 42.8 Å². The molecule has 7 heteroatoms. The summed E-state index contributed by atoms with van der Waals surface area (Å²) in [5.74, 6) is -1.27. The molecule has 140 valence electrons. The van der Waals surface area contributed by atoms with Crippen LogP contribution in [0.1, 0.15) is 34.1 Å². The quantitative estimate of drug-likeness (QED) is 0.593. The molecule has 3 aromatic rings. The number of esters is 1. The van der Waals surface area contributed by atoms with E-state index in [2.05, 4.69) is 21.2 Å². The van der Waals surface area contributed by atoms with Gasteiger partial charge in [-0.1, -0.05) is 28.1 Å². The number of nitrogens with one attached hydrogen (secondary N) is 1.